The lowest BCUT2D eigenvalue weighted by Gasteiger charge is -2.06. The van der Waals surface area contributed by atoms with Crippen LogP contribution in [0.25, 0.3) is 11.3 Å². The number of aromatic nitrogens is 2. The predicted octanol–water partition coefficient (Wildman–Crippen LogP) is 2.60. The summed E-state index contributed by atoms with van der Waals surface area (Å²) >= 11 is 0. The minimum Gasteiger partial charge on any atom is -0.368 e. The minimum absolute atomic E-state index is 0.322. The van der Waals surface area contributed by atoms with Crippen molar-refractivity contribution in [1.82, 2.24) is 9.97 Å². The van der Waals surface area contributed by atoms with Crippen LogP contribution >= 0.6 is 0 Å². The molecule has 0 bridgehead atoms. The van der Waals surface area contributed by atoms with Gasteiger partial charge >= 0.3 is 0 Å². The van der Waals surface area contributed by atoms with Gasteiger partial charge in [-0.1, -0.05) is 25.1 Å². The van der Waals surface area contributed by atoms with Crippen LogP contribution in [0.15, 0.2) is 30.5 Å². The smallest absolute Gasteiger partial charge is 0.220 e. The molecule has 0 aliphatic heterocycles. The van der Waals surface area contributed by atoms with E-state index in [9.17, 15) is 0 Å². The van der Waals surface area contributed by atoms with Gasteiger partial charge in [-0.25, -0.2) is 9.97 Å². The lowest BCUT2D eigenvalue weighted by atomic mass is 10.0. The van der Waals surface area contributed by atoms with E-state index in [0.717, 1.165) is 23.2 Å². The Morgan fingerprint density at radius 3 is 2.88 bits per heavy atom. The van der Waals surface area contributed by atoms with Gasteiger partial charge in [0.25, 0.3) is 0 Å². The fourth-order valence-electron chi connectivity index (χ4n) is 1.69. The average Bonchev–Trinajstić information content (AvgIpc) is 2.32. The molecule has 0 spiro atoms. The number of hydrogen-bond donors (Lipinski definition) is 1. The van der Waals surface area contributed by atoms with E-state index >= 15 is 0 Å². The van der Waals surface area contributed by atoms with Crippen molar-refractivity contribution in [3.63, 3.8) is 0 Å². The maximum Gasteiger partial charge on any atom is 0.220 e. The summed E-state index contributed by atoms with van der Waals surface area (Å²) in [7, 11) is 0. The molecule has 2 aromatic rings. The highest BCUT2D eigenvalue weighted by Crippen LogP contribution is 2.22. The second-order valence-electron chi connectivity index (χ2n) is 3.81. The van der Waals surface area contributed by atoms with Crippen LogP contribution in [0.4, 0.5) is 5.95 Å². The van der Waals surface area contributed by atoms with Crippen molar-refractivity contribution in [2.24, 2.45) is 0 Å². The molecule has 0 amide bonds. The Morgan fingerprint density at radius 1 is 1.31 bits per heavy atom. The summed E-state index contributed by atoms with van der Waals surface area (Å²) in [6, 6.07) is 8.36. The van der Waals surface area contributed by atoms with Gasteiger partial charge < -0.3 is 5.73 Å². The van der Waals surface area contributed by atoms with E-state index in [1.54, 1.807) is 6.20 Å². The molecule has 0 saturated heterocycles. The molecule has 16 heavy (non-hydrogen) atoms. The normalized spacial score (nSPS) is 10.4. The molecule has 0 fully saturated rings. The molecule has 0 aliphatic carbocycles. The zero-order chi connectivity index (χ0) is 11.5. The number of anilines is 1. The predicted molar refractivity (Wildman–Crippen MR) is 66.0 cm³/mol. The maximum absolute atomic E-state index is 5.61. The Morgan fingerprint density at radius 2 is 2.12 bits per heavy atom. The molecule has 2 N–H and O–H groups in total. The van der Waals surface area contributed by atoms with Crippen LogP contribution < -0.4 is 5.73 Å². The molecule has 2 rings (SSSR count). The van der Waals surface area contributed by atoms with Crippen LogP contribution in [0.2, 0.25) is 0 Å². The van der Waals surface area contributed by atoms with Crippen molar-refractivity contribution in [3.05, 3.63) is 41.6 Å². The summed E-state index contributed by atoms with van der Waals surface area (Å²) in [5, 5.41) is 0. The van der Waals surface area contributed by atoms with E-state index in [1.807, 2.05) is 19.1 Å². The highest BCUT2D eigenvalue weighted by atomic mass is 15.0. The molecule has 3 nitrogen and oxygen atoms in total. The van der Waals surface area contributed by atoms with Crippen molar-refractivity contribution in [3.8, 4) is 11.3 Å². The molecule has 82 valence electrons. The number of aryl methyl sites for hydroxylation is 2. The van der Waals surface area contributed by atoms with Crippen molar-refractivity contribution < 1.29 is 0 Å². The van der Waals surface area contributed by atoms with E-state index in [1.165, 1.54) is 5.56 Å². The third-order valence-electron chi connectivity index (χ3n) is 2.60. The van der Waals surface area contributed by atoms with Crippen LogP contribution in [0.5, 0.6) is 0 Å². The Balaban J connectivity index is 2.53. The van der Waals surface area contributed by atoms with Crippen molar-refractivity contribution in [2.75, 3.05) is 5.73 Å². The molecule has 0 atom stereocenters. The molecule has 0 saturated carbocycles. The van der Waals surface area contributed by atoms with Gasteiger partial charge in [-0.15, -0.1) is 0 Å². The summed E-state index contributed by atoms with van der Waals surface area (Å²) in [6.07, 6.45) is 2.78. The molecule has 1 aromatic heterocycles. The Hall–Kier alpha value is -1.90. The highest BCUT2D eigenvalue weighted by Gasteiger charge is 2.05. The van der Waals surface area contributed by atoms with Gasteiger partial charge in [0.15, 0.2) is 0 Å². The fourth-order valence-corrected chi connectivity index (χ4v) is 1.69. The third-order valence-corrected chi connectivity index (χ3v) is 2.60. The van der Waals surface area contributed by atoms with Gasteiger partial charge in [-0.05, 0) is 30.5 Å². The van der Waals surface area contributed by atoms with Gasteiger partial charge in [0.1, 0.15) is 0 Å². The van der Waals surface area contributed by atoms with Gasteiger partial charge in [-0.2, -0.15) is 0 Å². The molecule has 0 aliphatic rings. The molecule has 1 aromatic carbocycles. The van der Waals surface area contributed by atoms with Crippen LogP contribution in [0.1, 0.15) is 18.1 Å². The zero-order valence-electron chi connectivity index (χ0n) is 9.57. The first-order chi connectivity index (χ1) is 7.70. The number of nitrogens with two attached hydrogens (primary N) is 1. The number of nitrogens with zero attached hydrogens (tertiary/aromatic N) is 2. The molecule has 1 heterocycles. The first-order valence-corrected chi connectivity index (χ1v) is 5.39. The SMILES string of the molecule is CCc1cccc(-c2nc(N)ncc2C)c1. The summed E-state index contributed by atoms with van der Waals surface area (Å²) in [4.78, 5) is 8.26. The van der Waals surface area contributed by atoms with Gasteiger partial charge in [-0.3, -0.25) is 0 Å². The molecule has 0 radical (unpaired) electrons. The first kappa shape index (κ1) is 10.6. The standard InChI is InChI=1S/C13H15N3/c1-3-10-5-4-6-11(7-10)12-9(2)8-15-13(14)16-12/h4-8H,3H2,1-2H3,(H2,14,15,16). The average molecular weight is 213 g/mol. The van der Waals surface area contributed by atoms with E-state index in [0.29, 0.717) is 5.95 Å². The van der Waals surface area contributed by atoms with Crippen LogP contribution in [0.3, 0.4) is 0 Å². The second-order valence-corrected chi connectivity index (χ2v) is 3.81. The highest BCUT2D eigenvalue weighted by molar-refractivity contribution is 5.64. The van der Waals surface area contributed by atoms with Gasteiger partial charge in [0.05, 0.1) is 5.69 Å². The van der Waals surface area contributed by atoms with E-state index in [2.05, 4.69) is 29.0 Å². The number of hydrogen-bond acceptors (Lipinski definition) is 3. The quantitative estimate of drug-likeness (QED) is 0.834. The van der Waals surface area contributed by atoms with Crippen LogP contribution in [-0.4, -0.2) is 9.97 Å². The van der Waals surface area contributed by atoms with Crippen LogP contribution in [-0.2, 0) is 6.42 Å². The molecule has 3 heteroatoms. The Bertz CT molecular complexity index is 506. The maximum atomic E-state index is 5.61. The lowest BCUT2D eigenvalue weighted by molar-refractivity contribution is 1.13. The monoisotopic (exact) mass is 213 g/mol. The van der Waals surface area contributed by atoms with E-state index in [4.69, 9.17) is 5.73 Å². The van der Waals surface area contributed by atoms with Crippen LogP contribution in [0, 0.1) is 6.92 Å². The number of nitrogen functional groups attached to an aromatic ring is 1. The molecular weight excluding hydrogens is 198 g/mol. The zero-order valence-corrected chi connectivity index (χ0v) is 9.57. The summed E-state index contributed by atoms with van der Waals surface area (Å²) in [5.74, 6) is 0.322. The Kier molecular flexibility index (Phi) is 2.86. The Labute approximate surface area is 95.4 Å². The third kappa shape index (κ3) is 2.03. The van der Waals surface area contributed by atoms with Crippen molar-refractivity contribution in [2.45, 2.75) is 20.3 Å². The van der Waals surface area contributed by atoms with Crippen molar-refractivity contribution in [1.29, 1.82) is 0 Å². The number of rotatable bonds is 2. The molecular formula is C13H15N3. The minimum atomic E-state index is 0.322. The largest absolute Gasteiger partial charge is 0.368 e. The fraction of sp³-hybridized carbons (Fsp3) is 0.231. The van der Waals surface area contributed by atoms with Gasteiger partial charge in [0.2, 0.25) is 5.95 Å². The topological polar surface area (TPSA) is 51.8 Å². The second kappa shape index (κ2) is 4.31. The van der Waals surface area contributed by atoms with E-state index in [-0.39, 0.29) is 0 Å². The summed E-state index contributed by atoms with van der Waals surface area (Å²) in [5.41, 5.74) is 9.98. The summed E-state index contributed by atoms with van der Waals surface area (Å²) in [6.45, 7) is 4.13. The molecule has 0 unspecified atom stereocenters. The lowest BCUT2D eigenvalue weighted by Crippen LogP contribution is -1.98. The van der Waals surface area contributed by atoms with Gasteiger partial charge in [0, 0.05) is 11.8 Å². The van der Waals surface area contributed by atoms with Crippen molar-refractivity contribution >= 4 is 5.95 Å². The van der Waals surface area contributed by atoms with E-state index < -0.39 is 0 Å². The summed E-state index contributed by atoms with van der Waals surface area (Å²) < 4.78 is 0. The first-order valence-electron chi connectivity index (χ1n) is 5.39. The number of benzene rings is 1.